The molecule has 1 saturated heterocycles. The number of β-amino-alcohol motifs (C(OH)–C–C–N with tert-alkyl or cyclic N) is 1. The Morgan fingerprint density at radius 3 is 2.78 bits per heavy atom. The van der Waals surface area contributed by atoms with Crippen molar-refractivity contribution in [3.05, 3.63) is 28.7 Å². The molecule has 0 spiro atoms. The molecule has 1 aliphatic rings. The van der Waals surface area contributed by atoms with Gasteiger partial charge in [-0.05, 0) is 18.2 Å². The Morgan fingerprint density at radius 1 is 1.39 bits per heavy atom. The van der Waals surface area contributed by atoms with Crippen LogP contribution in [0.25, 0.3) is 11.1 Å². The van der Waals surface area contributed by atoms with Crippen LogP contribution in [-0.2, 0) is 10.0 Å². The van der Waals surface area contributed by atoms with Gasteiger partial charge in [0.2, 0.25) is 10.0 Å². The Kier molecular flexibility index (Phi) is 2.34. The predicted octanol–water partition coefficient (Wildman–Crippen LogP) is -0.514. The molecule has 3 rings (SSSR count). The summed E-state index contributed by atoms with van der Waals surface area (Å²) in [5.41, 5.74) is 0.643. The normalized spacial score (nSPS) is 18.1. The standard InChI is InChI=1S/C10H10N2O5S/c13-6-4-12(5-6)18(15,16)7-1-2-9-8(3-7)11-10(14)17-9/h1-3,6,13H,4-5H2,(H,11,14). The van der Waals surface area contributed by atoms with Gasteiger partial charge in [0.15, 0.2) is 5.58 Å². The lowest BCUT2D eigenvalue weighted by atomic mass is 10.2. The van der Waals surface area contributed by atoms with E-state index in [9.17, 15) is 13.2 Å². The molecule has 0 radical (unpaired) electrons. The zero-order chi connectivity index (χ0) is 12.9. The molecule has 1 aromatic heterocycles. The number of aromatic nitrogens is 1. The van der Waals surface area contributed by atoms with Crippen LogP contribution in [0, 0.1) is 0 Å². The first-order valence-corrected chi connectivity index (χ1v) is 6.72. The van der Waals surface area contributed by atoms with Gasteiger partial charge in [0.1, 0.15) is 0 Å². The highest BCUT2D eigenvalue weighted by Gasteiger charge is 2.35. The molecular weight excluding hydrogens is 260 g/mol. The first kappa shape index (κ1) is 11.5. The van der Waals surface area contributed by atoms with E-state index in [2.05, 4.69) is 4.98 Å². The van der Waals surface area contributed by atoms with E-state index in [1.54, 1.807) is 0 Å². The topological polar surface area (TPSA) is 104 Å². The maximum absolute atomic E-state index is 12.1. The minimum atomic E-state index is -3.61. The highest BCUT2D eigenvalue weighted by Crippen LogP contribution is 2.23. The van der Waals surface area contributed by atoms with Gasteiger partial charge in [-0.1, -0.05) is 0 Å². The van der Waals surface area contributed by atoms with Gasteiger partial charge < -0.3 is 9.52 Å². The van der Waals surface area contributed by atoms with E-state index in [1.165, 1.54) is 22.5 Å². The van der Waals surface area contributed by atoms with Crippen LogP contribution in [-0.4, -0.2) is 42.0 Å². The Morgan fingerprint density at radius 2 is 2.11 bits per heavy atom. The minimum absolute atomic E-state index is 0.0685. The number of nitrogens with zero attached hydrogens (tertiary/aromatic N) is 1. The average molecular weight is 270 g/mol. The number of aliphatic hydroxyl groups is 1. The molecule has 2 N–H and O–H groups in total. The molecule has 1 fully saturated rings. The number of benzene rings is 1. The monoisotopic (exact) mass is 270 g/mol. The van der Waals surface area contributed by atoms with Crippen LogP contribution in [0.2, 0.25) is 0 Å². The first-order chi connectivity index (χ1) is 8.46. The molecule has 7 nitrogen and oxygen atoms in total. The molecule has 0 atom stereocenters. The molecule has 18 heavy (non-hydrogen) atoms. The molecule has 0 unspecified atom stereocenters. The summed E-state index contributed by atoms with van der Waals surface area (Å²) >= 11 is 0. The lowest BCUT2D eigenvalue weighted by Gasteiger charge is -2.34. The maximum Gasteiger partial charge on any atom is 0.417 e. The van der Waals surface area contributed by atoms with Crippen LogP contribution >= 0.6 is 0 Å². The van der Waals surface area contributed by atoms with E-state index >= 15 is 0 Å². The fourth-order valence-corrected chi connectivity index (χ4v) is 3.40. The number of nitrogens with one attached hydrogen (secondary N) is 1. The summed E-state index contributed by atoms with van der Waals surface area (Å²) < 4.78 is 30.2. The molecule has 0 saturated carbocycles. The SMILES string of the molecule is O=c1[nH]c2cc(S(=O)(=O)N3CC(O)C3)ccc2o1. The average Bonchev–Trinajstić information content (AvgIpc) is 2.63. The molecule has 8 heteroatoms. The first-order valence-electron chi connectivity index (χ1n) is 5.28. The number of H-pyrrole nitrogens is 1. The van der Waals surface area contributed by atoms with Gasteiger partial charge in [-0.15, -0.1) is 0 Å². The summed E-state index contributed by atoms with van der Waals surface area (Å²) in [6.45, 7) is 0.199. The zero-order valence-electron chi connectivity index (χ0n) is 9.16. The second kappa shape index (κ2) is 3.67. The second-order valence-corrected chi connectivity index (χ2v) is 6.09. The van der Waals surface area contributed by atoms with Crippen LogP contribution in [0.3, 0.4) is 0 Å². The third kappa shape index (κ3) is 1.65. The predicted molar refractivity (Wildman–Crippen MR) is 61.6 cm³/mol. The molecule has 96 valence electrons. The summed E-state index contributed by atoms with van der Waals surface area (Å²) in [6, 6.07) is 4.15. The Labute approximate surface area is 102 Å². The summed E-state index contributed by atoms with van der Waals surface area (Å²) in [4.78, 5) is 13.4. The highest BCUT2D eigenvalue weighted by molar-refractivity contribution is 7.89. The van der Waals surface area contributed by atoms with Crippen molar-refractivity contribution in [2.45, 2.75) is 11.0 Å². The molecule has 2 heterocycles. The third-order valence-electron chi connectivity index (χ3n) is 2.86. The van der Waals surface area contributed by atoms with E-state index in [4.69, 9.17) is 9.52 Å². The molecular formula is C10H10N2O5S. The van der Waals surface area contributed by atoms with Crippen molar-refractivity contribution in [2.75, 3.05) is 13.1 Å². The van der Waals surface area contributed by atoms with Gasteiger partial charge in [-0.2, -0.15) is 4.31 Å². The van der Waals surface area contributed by atoms with Crippen LogP contribution in [0.5, 0.6) is 0 Å². The summed E-state index contributed by atoms with van der Waals surface area (Å²) in [7, 11) is -3.61. The fourth-order valence-electron chi connectivity index (χ4n) is 1.85. The quantitative estimate of drug-likeness (QED) is 0.764. The van der Waals surface area contributed by atoms with Crippen molar-refractivity contribution in [1.82, 2.24) is 9.29 Å². The number of fused-ring (bicyclic) bond motifs is 1. The number of aliphatic hydroxyl groups excluding tert-OH is 1. The number of sulfonamides is 1. The maximum atomic E-state index is 12.1. The van der Waals surface area contributed by atoms with Crippen molar-refractivity contribution < 1.29 is 17.9 Å². The van der Waals surface area contributed by atoms with Crippen molar-refractivity contribution >= 4 is 21.1 Å². The smallest absolute Gasteiger partial charge is 0.408 e. The van der Waals surface area contributed by atoms with Gasteiger partial charge in [-0.3, -0.25) is 4.98 Å². The lowest BCUT2D eigenvalue weighted by molar-refractivity contribution is 0.0548. The van der Waals surface area contributed by atoms with Crippen LogP contribution in [0.4, 0.5) is 0 Å². The van der Waals surface area contributed by atoms with Gasteiger partial charge in [0.05, 0.1) is 16.5 Å². The van der Waals surface area contributed by atoms with Crippen molar-refractivity contribution in [2.24, 2.45) is 0 Å². The van der Waals surface area contributed by atoms with Gasteiger partial charge in [0.25, 0.3) is 0 Å². The second-order valence-electron chi connectivity index (χ2n) is 4.15. The number of aromatic amines is 1. The summed E-state index contributed by atoms with van der Waals surface area (Å²) in [5.74, 6) is -0.626. The molecule has 0 bridgehead atoms. The summed E-state index contributed by atoms with van der Waals surface area (Å²) in [6.07, 6.45) is -0.600. The zero-order valence-corrected chi connectivity index (χ0v) is 9.98. The fraction of sp³-hybridized carbons (Fsp3) is 0.300. The Bertz CT molecular complexity index is 754. The molecule has 0 aliphatic carbocycles. The van der Waals surface area contributed by atoms with Gasteiger partial charge in [0, 0.05) is 13.1 Å². The summed E-state index contributed by atoms with van der Waals surface area (Å²) in [5, 5.41) is 9.14. The van der Waals surface area contributed by atoms with Crippen molar-refractivity contribution in [1.29, 1.82) is 0 Å². The van der Waals surface area contributed by atoms with Crippen LogP contribution < -0.4 is 5.76 Å². The number of oxazole rings is 1. The van der Waals surface area contributed by atoms with E-state index in [0.29, 0.717) is 11.1 Å². The molecule has 0 amide bonds. The molecule has 1 aromatic carbocycles. The Balaban J connectivity index is 2.06. The van der Waals surface area contributed by atoms with E-state index in [1.807, 2.05) is 0 Å². The van der Waals surface area contributed by atoms with Crippen molar-refractivity contribution in [3.63, 3.8) is 0 Å². The lowest BCUT2D eigenvalue weighted by Crippen LogP contribution is -2.53. The minimum Gasteiger partial charge on any atom is -0.408 e. The molecule has 2 aromatic rings. The largest absolute Gasteiger partial charge is 0.417 e. The molecule has 1 aliphatic heterocycles. The van der Waals surface area contributed by atoms with E-state index in [0.717, 1.165) is 0 Å². The third-order valence-corrected chi connectivity index (χ3v) is 4.68. The van der Waals surface area contributed by atoms with Crippen molar-refractivity contribution in [3.8, 4) is 0 Å². The van der Waals surface area contributed by atoms with Gasteiger partial charge >= 0.3 is 5.76 Å². The van der Waals surface area contributed by atoms with E-state index < -0.39 is 21.9 Å². The van der Waals surface area contributed by atoms with E-state index in [-0.39, 0.29) is 18.0 Å². The Hall–Kier alpha value is -1.64. The highest BCUT2D eigenvalue weighted by atomic mass is 32.2. The number of rotatable bonds is 2. The van der Waals surface area contributed by atoms with Gasteiger partial charge in [-0.25, -0.2) is 13.2 Å². The van der Waals surface area contributed by atoms with Crippen LogP contribution in [0.1, 0.15) is 0 Å². The number of hydrogen-bond acceptors (Lipinski definition) is 5. The number of hydrogen-bond donors (Lipinski definition) is 2. The van der Waals surface area contributed by atoms with Crippen LogP contribution in [0.15, 0.2) is 32.3 Å².